The number of hydrogen-bond donors (Lipinski definition) is 0. The van der Waals surface area contributed by atoms with E-state index in [-0.39, 0.29) is 0 Å². The van der Waals surface area contributed by atoms with E-state index in [0.717, 1.165) is 12.3 Å². The first-order valence-corrected chi connectivity index (χ1v) is 4.91. The molecule has 1 atom stereocenters. The zero-order chi connectivity index (χ0) is 8.39. The fourth-order valence-corrected chi connectivity index (χ4v) is 2.05. The minimum absolute atomic E-state index is 0.895. The van der Waals surface area contributed by atoms with Crippen LogP contribution in [0.3, 0.4) is 0 Å². The molecule has 0 aromatic rings. The molecule has 0 aromatic heterocycles. The van der Waals surface area contributed by atoms with E-state index in [9.17, 15) is 0 Å². The molecule has 0 spiro atoms. The van der Waals surface area contributed by atoms with Gasteiger partial charge in [-0.1, -0.05) is 31.2 Å². The van der Waals surface area contributed by atoms with E-state index < -0.39 is 0 Å². The summed E-state index contributed by atoms with van der Waals surface area (Å²) in [6.45, 7) is 2.36. The van der Waals surface area contributed by atoms with Gasteiger partial charge in [0.15, 0.2) is 0 Å². The summed E-state index contributed by atoms with van der Waals surface area (Å²) in [5.74, 6) is 0.895. The van der Waals surface area contributed by atoms with Gasteiger partial charge in [-0.3, -0.25) is 0 Å². The van der Waals surface area contributed by atoms with Crippen molar-refractivity contribution in [3.05, 3.63) is 35.5 Å². The van der Waals surface area contributed by atoms with Crippen LogP contribution in [0.1, 0.15) is 32.6 Å². The van der Waals surface area contributed by atoms with Crippen molar-refractivity contribution in [1.82, 2.24) is 0 Å². The number of fused-ring (bicyclic) bond motifs is 1. The lowest BCUT2D eigenvalue weighted by molar-refractivity contribution is 0.497. The van der Waals surface area contributed by atoms with E-state index >= 15 is 0 Å². The van der Waals surface area contributed by atoms with Gasteiger partial charge in [-0.2, -0.15) is 0 Å². The van der Waals surface area contributed by atoms with Crippen LogP contribution in [-0.4, -0.2) is 0 Å². The maximum atomic E-state index is 2.39. The predicted octanol–water partition coefficient (Wildman–Crippen LogP) is 3.62. The summed E-state index contributed by atoms with van der Waals surface area (Å²) in [5, 5.41) is 0. The Bertz CT molecular complexity index is 253. The van der Waals surface area contributed by atoms with Crippen LogP contribution in [0.15, 0.2) is 35.5 Å². The summed E-state index contributed by atoms with van der Waals surface area (Å²) in [6, 6.07) is 0. The van der Waals surface area contributed by atoms with E-state index in [4.69, 9.17) is 0 Å². The summed E-state index contributed by atoms with van der Waals surface area (Å²) < 4.78 is 0. The molecule has 1 fully saturated rings. The average Bonchev–Trinajstić information content (AvgIpc) is 2.28. The molecule has 0 amide bonds. The van der Waals surface area contributed by atoms with Crippen LogP contribution in [0.2, 0.25) is 0 Å². The van der Waals surface area contributed by atoms with Crippen molar-refractivity contribution < 1.29 is 0 Å². The zero-order valence-electron chi connectivity index (χ0n) is 7.72. The van der Waals surface area contributed by atoms with Gasteiger partial charge in [0.1, 0.15) is 0 Å². The first-order valence-electron chi connectivity index (χ1n) is 4.91. The second kappa shape index (κ2) is 3.30. The van der Waals surface area contributed by atoms with E-state index in [1.165, 1.54) is 19.3 Å². The highest BCUT2D eigenvalue weighted by atomic mass is 14.2. The summed E-state index contributed by atoms with van der Waals surface area (Å²) in [6.07, 6.45) is 14.2. The molecule has 64 valence electrons. The largest absolute Gasteiger partial charge is 0.0807 e. The average molecular weight is 160 g/mol. The van der Waals surface area contributed by atoms with Gasteiger partial charge in [-0.25, -0.2) is 0 Å². The fraction of sp³-hybridized carbons (Fsp3) is 0.500. The van der Waals surface area contributed by atoms with Crippen molar-refractivity contribution in [2.24, 2.45) is 5.92 Å². The summed E-state index contributed by atoms with van der Waals surface area (Å²) in [7, 11) is 0. The molecule has 0 saturated heterocycles. The molecule has 2 rings (SSSR count). The van der Waals surface area contributed by atoms with Crippen molar-refractivity contribution in [3.63, 3.8) is 0 Å². The highest BCUT2D eigenvalue weighted by molar-refractivity contribution is 5.38. The first-order chi connectivity index (χ1) is 5.86. The standard InChI is InChI=1S/C12H16/c1-10-7-8-11-5-3-2-4-6-12(11)9-10/h2-3,5-6,10H,4,7-9H2,1H3. The highest BCUT2D eigenvalue weighted by Crippen LogP contribution is 2.33. The summed E-state index contributed by atoms with van der Waals surface area (Å²) in [5.41, 5.74) is 3.20. The number of rotatable bonds is 0. The van der Waals surface area contributed by atoms with Crippen molar-refractivity contribution in [1.29, 1.82) is 0 Å². The number of hydrogen-bond acceptors (Lipinski definition) is 0. The third-order valence-corrected chi connectivity index (χ3v) is 2.82. The van der Waals surface area contributed by atoms with Gasteiger partial charge in [-0.05, 0) is 42.7 Å². The molecule has 0 N–H and O–H groups in total. The molecular formula is C12H16. The number of allylic oxidation sites excluding steroid dienone is 6. The predicted molar refractivity (Wildman–Crippen MR) is 52.9 cm³/mol. The Morgan fingerprint density at radius 2 is 2.25 bits per heavy atom. The van der Waals surface area contributed by atoms with E-state index in [0.29, 0.717) is 0 Å². The molecule has 0 radical (unpaired) electrons. The minimum atomic E-state index is 0.895. The third-order valence-electron chi connectivity index (χ3n) is 2.82. The molecular weight excluding hydrogens is 144 g/mol. The maximum absolute atomic E-state index is 2.39. The van der Waals surface area contributed by atoms with Gasteiger partial charge in [-0.15, -0.1) is 0 Å². The lowest BCUT2D eigenvalue weighted by atomic mass is 9.83. The van der Waals surface area contributed by atoms with Crippen LogP contribution < -0.4 is 0 Å². The molecule has 0 heteroatoms. The molecule has 0 bridgehead atoms. The Hall–Kier alpha value is -0.780. The highest BCUT2D eigenvalue weighted by Gasteiger charge is 2.16. The van der Waals surface area contributed by atoms with Gasteiger partial charge in [0.05, 0.1) is 0 Å². The van der Waals surface area contributed by atoms with Crippen LogP contribution in [-0.2, 0) is 0 Å². The zero-order valence-corrected chi connectivity index (χ0v) is 7.72. The van der Waals surface area contributed by atoms with Gasteiger partial charge >= 0.3 is 0 Å². The molecule has 2 aliphatic carbocycles. The second-order valence-electron chi connectivity index (χ2n) is 3.93. The molecule has 1 unspecified atom stereocenters. The van der Waals surface area contributed by atoms with Crippen LogP contribution in [0.5, 0.6) is 0 Å². The van der Waals surface area contributed by atoms with Crippen molar-refractivity contribution >= 4 is 0 Å². The van der Waals surface area contributed by atoms with Gasteiger partial charge < -0.3 is 0 Å². The third kappa shape index (κ3) is 1.52. The topological polar surface area (TPSA) is 0 Å². The van der Waals surface area contributed by atoms with E-state index in [1.807, 2.05) is 0 Å². The molecule has 0 aliphatic heterocycles. The Morgan fingerprint density at radius 3 is 3.17 bits per heavy atom. The Labute approximate surface area is 74.7 Å². The van der Waals surface area contributed by atoms with Crippen LogP contribution >= 0.6 is 0 Å². The Morgan fingerprint density at radius 1 is 1.33 bits per heavy atom. The first kappa shape index (κ1) is 7.85. The molecule has 0 heterocycles. The van der Waals surface area contributed by atoms with Crippen molar-refractivity contribution in [2.75, 3.05) is 0 Å². The smallest absolute Gasteiger partial charge is 0.0160 e. The molecule has 0 aromatic carbocycles. The van der Waals surface area contributed by atoms with Crippen LogP contribution in [0, 0.1) is 5.92 Å². The molecule has 1 saturated carbocycles. The van der Waals surface area contributed by atoms with Gasteiger partial charge in [0.25, 0.3) is 0 Å². The van der Waals surface area contributed by atoms with Crippen molar-refractivity contribution in [2.45, 2.75) is 32.6 Å². The lowest BCUT2D eigenvalue weighted by Gasteiger charge is -2.23. The molecule has 12 heavy (non-hydrogen) atoms. The van der Waals surface area contributed by atoms with Gasteiger partial charge in [0.2, 0.25) is 0 Å². The van der Waals surface area contributed by atoms with Crippen molar-refractivity contribution in [3.8, 4) is 0 Å². The fourth-order valence-electron chi connectivity index (χ4n) is 2.05. The lowest BCUT2D eigenvalue weighted by Crippen LogP contribution is -2.06. The monoisotopic (exact) mass is 160 g/mol. The van der Waals surface area contributed by atoms with Crippen LogP contribution in [0.4, 0.5) is 0 Å². The minimum Gasteiger partial charge on any atom is -0.0807 e. The Balaban J connectivity index is 2.22. The molecule has 0 nitrogen and oxygen atoms in total. The summed E-state index contributed by atoms with van der Waals surface area (Å²) in [4.78, 5) is 0. The second-order valence-corrected chi connectivity index (χ2v) is 3.93. The van der Waals surface area contributed by atoms with Gasteiger partial charge in [0, 0.05) is 0 Å². The quantitative estimate of drug-likeness (QED) is 0.507. The SMILES string of the molecule is CC1CCC2=CC=CCC=C2C1. The summed E-state index contributed by atoms with van der Waals surface area (Å²) >= 11 is 0. The van der Waals surface area contributed by atoms with E-state index in [1.54, 1.807) is 11.1 Å². The maximum Gasteiger partial charge on any atom is -0.0160 e. The normalized spacial score (nSPS) is 28.6. The van der Waals surface area contributed by atoms with Crippen LogP contribution in [0.25, 0.3) is 0 Å². The molecule has 2 aliphatic rings. The Kier molecular flexibility index (Phi) is 2.16. The van der Waals surface area contributed by atoms with E-state index in [2.05, 4.69) is 31.2 Å².